The molecule has 5 nitrogen and oxygen atoms in total. The molecule has 1 aromatic rings. The van der Waals surface area contributed by atoms with Gasteiger partial charge < -0.3 is 5.11 Å². The Kier molecular flexibility index (Phi) is 4.00. The Morgan fingerprint density at radius 2 is 2.22 bits per heavy atom. The number of carboxylic acid groups (broad SMARTS) is 1. The van der Waals surface area contributed by atoms with Crippen LogP contribution in [0.15, 0.2) is 33.6 Å². The first-order chi connectivity index (χ1) is 8.43. The molecule has 1 fully saturated rings. The van der Waals surface area contributed by atoms with Gasteiger partial charge in [0.2, 0.25) is 10.0 Å². The topological polar surface area (TPSA) is 74.7 Å². The van der Waals surface area contributed by atoms with Crippen molar-refractivity contribution in [1.82, 2.24) is 4.31 Å². The summed E-state index contributed by atoms with van der Waals surface area (Å²) in [5.41, 5.74) is 0. The number of benzene rings is 1. The third-order valence-corrected chi connectivity index (χ3v) is 6.05. The first-order valence-corrected chi connectivity index (χ1v) is 8.39. The van der Waals surface area contributed by atoms with Crippen molar-refractivity contribution in [2.45, 2.75) is 10.9 Å². The van der Waals surface area contributed by atoms with E-state index in [2.05, 4.69) is 15.9 Å². The fourth-order valence-corrected chi connectivity index (χ4v) is 5.35. The van der Waals surface area contributed by atoms with Crippen molar-refractivity contribution in [2.75, 3.05) is 11.6 Å². The number of thioether (sulfide) groups is 1. The van der Waals surface area contributed by atoms with E-state index in [-0.39, 0.29) is 16.5 Å². The fourth-order valence-electron chi connectivity index (χ4n) is 1.62. The predicted octanol–water partition coefficient (Wildman–Crippen LogP) is 1.60. The Hall–Kier alpha value is -0.570. The molecule has 0 unspecified atom stereocenters. The van der Waals surface area contributed by atoms with E-state index in [9.17, 15) is 13.2 Å². The first-order valence-electron chi connectivity index (χ1n) is 5.01. The van der Waals surface area contributed by atoms with Crippen LogP contribution >= 0.6 is 27.7 Å². The van der Waals surface area contributed by atoms with Gasteiger partial charge in [-0.1, -0.05) is 22.0 Å². The minimum Gasteiger partial charge on any atom is -0.480 e. The average molecular weight is 352 g/mol. The van der Waals surface area contributed by atoms with Crippen LogP contribution in [0, 0.1) is 0 Å². The molecule has 1 aromatic carbocycles. The molecule has 0 amide bonds. The van der Waals surface area contributed by atoms with Crippen LogP contribution in [0.25, 0.3) is 0 Å². The second kappa shape index (κ2) is 5.20. The number of hydrogen-bond acceptors (Lipinski definition) is 4. The smallest absolute Gasteiger partial charge is 0.322 e. The summed E-state index contributed by atoms with van der Waals surface area (Å²) in [6.07, 6.45) is 0. The van der Waals surface area contributed by atoms with Gasteiger partial charge in [-0.3, -0.25) is 4.79 Å². The summed E-state index contributed by atoms with van der Waals surface area (Å²) in [6.45, 7) is 0. The maximum Gasteiger partial charge on any atom is 0.322 e. The lowest BCUT2D eigenvalue weighted by Gasteiger charge is -2.20. The molecule has 1 N–H and O–H groups in total. The Balaban J connectivity index is 2.40. The van der Waals surface area contributed by atoms with Crippen molar-refractivity contribution in [1.29, 1.82) is 0 Å². The summed E-state index contributed by atoms with van der Waals surface area (Å²) in [4.78, 5) is 11.1. The van der Waals surface area contributed by atoms with E-state index in [4.69, 9.17) is 5.11 Å². The van der Waals surface area contributed by atoms with Crippen LogP contribution in [0.3, 0.4) is 0 Å². The van der Waals surface area contributed by atoms with E-state index < -0.39 is 22.0 Å². The summed E-state index contributed by atoms with van der Waals surface area (Å²) in [5.74, 6) is -0.660. The lowest BCUT2D eigenvalue weighted by Crippen LogP contribution is -2.41. The van der Waals surface area contributed by atoms with E-state index in [0.29, 0.717) is 4.47 Å². The summed E-state index contributed by atoms with van der Waals surface area (Å²) in [5, 5.41) is 9.02. The highest BCUT2D eigenvalue weighted by Crippen LogP contribution is 2.29. The van der Waals surface area contributed by atoms with Crippen LogP contribution in [-0.2, 0) is 14.8 Å². The molecule has 1 saturated heterocycles. The third-order valence-electron chi connectivity index (χ3n) is 2.53. The zero-order valence-electron chi connectivity index (χ0n) is 9.11. The lowest BCUT2D eigenvalue weighted by atomic mass is 10.4. The zero-order valence-corrected chi connectivity index (χ0v) is 12.3. The highest BCUT2D eigenvalue weighted by atomic mass is 79.9. The van der Waals surface area contributed by atoms with Crippen LogP contribution in [0.5, 0.6) is 0 Å². The van der Waals surface area contributed by atoms with Gasteiger partial charge in [0.1, 0.15) is 6.04 Å². The molecule has 1 aliphatic heterocycles. The number of aliphatic carboxylic acids is 1. The predicted molar refractivity (Wildman–Crippen MR) is 71.9 cm³/mol. The van der Waals surface area contributed by atoms with E-state index in [0.717, 1.165) is 4.31 Å². The minimum absolute atomic E-state index is 0.102. The summed E-state index contributed by atoms with van der Waals surface area (Å²) in [7, 11) is -3.75. The summed E-state index contributed by atoms with van der Waals surface area (Å²) in [6, 6.07) is 5.26. The molecule has 0 bridgehead atoms. The largest absolute Gasteiger partial charge is 0.480 e. The third kappa shape index (κ3) is 2.56. The van der Waals surface area contributed by atoms with Crippen molar-refractivity contribution >= 4 is 43.7 Å². The molecule has 8 heteroatoms. The first kappa shape index (κ1) is 13.9. The number of carbonyl (C=O) groups is 1. The number of rotatable bonds is 3. The van der Waals surface area contributed by atoms with Crippen molar-refractivity contribution < 1.29 is 18.3 Å². The molecule has 0 spiro atoms. The van der Waals surface area contributed by atoms with Crippen molar-refractivity contribution in [2.24, 2.45) is 0 Å². The van der Waals surface area contributed by atoms with Crippen LogP contribution in [-0.4, -0.2) is 41.5 Å². The van der Waals surface area contributed by atoms with Gasteiger partial charge in [0.15, 0.2) is 0 Å². The van der Waals surface area contributed by atoms with Gasteiger partial charge in [-0.05, 0) is 18.2 Å². The molecule has 1 heterocycles. The van der Waals surface area contributed by atoms with E-state index in [1.54, 1.807) is 12.1 Å². The van der Waals surface area contributed by atoms with Gasteiger partial charge in [-0.15, -0.1) is 11.8 Å². The van der Waals surface area contributed by atoms with Gasteiger partial charge in [-0.2, -0.15) is 4.31 Å². The highest BCUT2D eigenvalue weighted by Gasteiger charge is 2.40. The number of carboxylic acids is 1. The molecule has 0 saturated carbocycles. The Labute approximate surface area is 117 Å². The van der Waals surface area contributed by atoms with Gasteiger partial charge in [0.05, 0.1) is 10.8 Å². The van der Waals surface area contributed by atoms with Crippen LogP contribution < -0.4 is 0 Å². The summed E-state index contributed by atoms with van der Waals surface area (Å²) >= 11 is 4.50. The second-order valence-corrected chi connectivity index (χ2v) is 7.51. The average Bonchev–Trinajstić information content (AvgIpc) is 2.78. The summed E-state index contributed by atoms with van der Waals surface area (Å²) < 4.78 is 26.3. The molecular weight excluding hydrogens is 342 g/mol. The van der Waals surface area contributed by atoms with Gasteiger partial charge in [-0.25, -0.2) is 8.42 Å². The Bertz CT molecular complexity index is 575. The molecule has 0 aliphatic carbocycles. The van der Waals surface area contributed by atoms with Crippen LogP contribution in [0.2, 0.25) is 0 Å². The van der Waals surface area contributed by atoms with Crippen LogP contribution in [0.4, 0.5) is 0 Å². The zero-order chi connectivity index (χ0) is 13.3. The van der Waals surface area contributed by atoms with Gasteiger partial charge >= 0.3 is 5.97 Å². The van der Waals surface area contributed by atoms with Gasteiger partial charge in [0, 0.05) is 10.2 Å². The van der Waals surface area contributed by atoms with Crippen molar-refractivity contribution in [3.8, 4) is 0 Å². The lowest BCUT2D eigenvalue weighted by molar-refractivity contribution is -0.140. The van der Waals surface area contributed by atoms with E-state index in [1.165, 1.54) is 23.9 Å². The Morgan fingerprint density at radius 3 is 2.83 bits per heavy atom. The fraction of sp³-hybridized carbons (Fsp3) is 0.300. The molecule has 98 valence electrons. The normalized spacial score (nSPS) is 21.1. The molecule has 1 atom stereocenters. The number of hydrogen-bond donors (Lipinski definition) is 1. The standard InChI is InChI=1S/C10H10BrNO4S2/c11-7-2-1-3-8(4-7)18(15,16)12-6-17-5-9(12)10(13)14/h1-4,9H,5-6H2,(H,13,14)/t9-/m0/s1. The number of sulfonamides is 1. The van der Waals surface area contributed by atoms with Crippen molar-refractivity contribution in [3.05, 3.63) is 28.7 Å². The minimum atomic E-state index is -3.75. The molecule has 18 heavy (non-hydrogen) atoms. The maximum atomic E-state index is 12.3. The highest BCUT2D eigenvalue weighted by molar-refractivity contribution is 9.10. The molecule has 0 radical (unpaired) electrons. The maximum absolute atomic E-state index is 12.3. The second-order valence-electron chi connectivity index (χ2n) is 3.70. The molecule has 1 aliphatic rings. The quantitative estimate of drug-likeness (QED) is 0.894. The number of halogens is 1. The monoisotopic (exact) mass is 351 g/mol. The van der Waals surface area contributed by atoms with Crippen molar-refractivity contribution in [3.63, 3.8) is 0 Å². The molecule has 2 rings (SSSR count). The molecule has 0 aromatic heterocycles. The van der Waals surface area contributed by atoms with E-state index >= 15 is 0 Å². The van der Waals surface area contributed by atoms with Gasteiger partial charge in [0.25, 0.3) is 0 Å². The number of nitrogens with zero attached hydrogens (tertiary/aromatic N) is 1. The molecular formula is C10H10BrNO4S2. The Morgan fingerprint density at radius 1 is 1.50 bits per heavy atom. The SMILES string of the molecule is O=C(O)[C@@H]1CSCN1S(=O)(=O)c1cccc(Br)c1. The van der Waals surface area contributed by atoms with E-state index in [1.807, 2.05) is 0 Å². The van der Waals surface area contributed by atoms with Crippen LogP contribution in [0.1, 0.15) is 0 Å².